The number of carbonyl (C=O) groups excluding carboxylic acids is 2. The minimum Gasteiger partial charge on any atom is -0.341 e. The van der Waals surface area contributed by atoms with E-state index in [0.29, 0.717) is 39.0 Å². The van der Waals surface area contributed by atoms with Gasteiger partial charge in [0.1, 0.15) is 0 Å². The van der Waals surface area contributed by atoms with Crippen LogP contribution in [0.15, 0.2) is 24.3 Å². The van der Waals surface area contributed by atoms with Gasteiger partial charge in [-0.3, -0.25) is 9.59 Å². The molecule has 1 aromatic carbocycles. The Hall–Kier alpha value is -2.05. The van der Waals surface area contributed by atoms with Crippen molar-refractivity contribution in [2.24, 2.45) is 5.41 Å². The molecule has 1 aromatic rings. The second-order valence-corrected chi connectivity index (χ2v) is 7.84. The number of amides is 2. The van der Waals surface area contributed by atoms with E-state index < -0.39 is 11.7 Å². The fourth-order valence-corrected chi connectivity index (χ4v) is 2.92. The summed E-state index contributed by atoms with van der Waals surface area (Å²) < 4.78 is 37.9. The van der Waals surface area contributed by atoms with Crippen LogP contribution in [0.3, 0.4) is 0 Å². The van der Waals surface area contributed by atoms with Crippen LogP contribution in [0.1, 0.15) is 49.5 Å². The summed E-state index contributed by atoms with van der Waals surface area (Å²) >= 11 is 0. The zero-order chi connectivity index (χ0) is 19.5. The van der Waals surface area contributed by atoms with Gasteiger partial charge < -0.3 is 9.80 Å². The first kappa shape index (κ1) is 20.3. The Balaban J connectivity index is 2.00. The second kappa shape index (κ2) is 7.68. The highest BCUT2D eigenvalue weighted by Gasteiger charge is 2.31. The molecular formula is C19H25F3N2O2. The van der Waals surface area contributed by atoms with E-state index in [-0.39, 0.29) is 22.8 Å². The lowest BCUT2D eigenvalue weighted by Crippen LogP contribution is -2.38. The summed E-state index contributed by atoms with van der Waals surface area (Å²) in [6, 6.07) is 4.26. The molecule has 0 N–H and O–H groups in total. The quantitative estimate of drug-likeness (QED) is 0.794. The van der Waals surface area contributed by atoms with Crippen molar-refractivity contribution in [1.82, 2.24) is 9.80 Å². The molecule has 1 aliphatic heterocycles. The van der Waals surface area contributed by atoms with Gasteiger partial charge in [-0.1, -0.05) is 20.8 Å². The van der Waals surface area contributed by atoms with Crippen LogP contribution in [0.4, 0.5) is 13.2 Å². The summed E-state index contributed by atoms with van der Waals surface area (Å²) in [5.41, 5.74) is -0.643. The average Bonchev–Trinajstić information content (AvgIpc) is 2.78. The first-order chi connectivity index (χ1) is 12.0. The molecule has 0 bridgehead atoms. The van der Waals surface area contributed by atoms with Crippen LogP contribution in [0.2, 0.25) is 0 Å². The predicted octanol–water partition coefficient (Wildman–Crippen LogP) is 3.82. The zero-order valence-corrected chi connectivity index (χ0v) is 15.4. The molecule has 144 valence electrons. The molecular weight excluding hydrogens is 345 g/mol. The molecule has 1 heterocycles. The molecule has 0 unspecified atom stereocenters. The lowest BCUT2D eigenvalue weighted by atomic mass is 9.91. The molecule has 0 saturated carbocycles. The Morgan fingerprint density at radius 3 is 2.00 bits per heavy atom. The summed E-state index contributed by atoms with van der Waals surface area (Å²) in [5.74, 6) is -0.231. The van der Waals surface area contributed by atoms with Crippen LogP contribution < -0.4 is 0 Å². The smallest absolute Gasteiger partial charge is 0.341 e. The van der Waals surface area contributed by atoms with Crippen molar-refractivity contribution in [2.75, 3.05) is 26.2 Å². The van der Waals surface area contributed by atoms with Gasteiger partial charge in [-0.05, 0) is 36.1 Å². The van der Waals surface area contributed by atoms with Crippen LogP contribution in [-0.4, -0.2) is 47.8 Å². The lowest BCUT2D eigenvalue weighted by Gasteiger charge is -2.25. The monoisotopic (exact) mass is 370 g/mol. The molecule has 0 aromatic heterocycles. The van der Waals surface area contributed by atoms with Crippen molar-refractivity contribution in [3.63, 3.8) is 0 Å². The van der Waals surface area contributed by atoms with E-state index in [1.807, 2.05) is 20.8 Å². The highest BCUT2D eigenvalue weighted by atomic mass is 19.4. The molecule has 26 heavy (non-hydrogen) atoms. The molecule has 0 radical (unpaired) electrons. The number of benzene rings is 1. The van der Waals surface area contributed by atoms with E-state index in [0.717, 1.165) is 12.1 Å². The Kier molecular flexibility index (Phi) is 5.98. The maximum Gasteiger partial charge on any atom is 0.416 e. The zero-order valence-electron chi connectivity index (χ0n) is 15.4. The fraction of sp³-hybridized carbons (Fsp3) is 0.579. The van der Waals surface area contributed by atoms with Gasteiger partial charge >= 0.3 is 6.18 Å². The number of nitrogens with zero attached hydrogens (tertiary/aromatic N) is 2. The van der Waals surface area contributed by atoms with Gasteiger partial charge in [0.25, 0.3) is 5.91 Å². The Labute approximate surface area is 152 Å². The van der Waals surface area contributed by atoms with Crippen LogP contribution >= 0.6 is 0 Å². The number of hydrogen-bond donors (Lipinski definition) is 0. The third-order valence-electron chi connectivity index (χ3n) is 4.28. The third-order valence-corrected chi connectivity index (χ3v) is 4.28. The predicted molar refractivity (Wildman–Crippen MR) is 92.6 cm³/mol. The van der Waals surface area contributed by atoms with Crippen LogP contribution in [0, 0.1) is 5.41 Å². The number of halogens is 3. The van der Waals surface area contributed by atoms with E-state index in [4.69, 9.17) is 0 Å². The van der Waals surface area contributed by atoms with E-state index in [9.17, 15) is 22.8 Å². The van der Waals surface area contributed by atoms with Crippen molar-refractivity contribution in [3.8, 4) is 0 Å². The van der Waals surface area contributed by atoms with Crippen molar-refractivity contribution in [1.29, 1.82) is 0 Å². The van der Waals surface area contributed by atoms with E-state index in [1.165, 1.54) is 12.1 Å². The van der Waals surface area contributed by atoms with Gasteiger partial charge in [0.2, 0.25) is 5.91 Å². The minimum atomic E-state index is -4.42. The molecule has 7 heteroatoms. The Bertz CT molecular complexity index is 648. The number of hydrogen-bond acceptors (Lipinski definition) is 2. The SMILES string of the molecule is CC(C)(C)CC(=O)N1CCCN(C(=O)c2ccc(C(F)(F)F)cc2)CC1. The molecule has 0 aliphatic carbocycles. The van der Waals surface area contributed by atoms with Gasteiger partial charge in [-0.25, -0.2) is 0 Å². The highest BCUT2D eigenvalue weighted by molar-refractivity contribution is 5.94. The van der Waals surface area contributed by atoms with Crippen LogP contribution in [0.5, 0.6) is 0 Å². The third kappa shape index (κ3) is 5.47. The number of rotatable bonds is 2. The summed E-state index contributed by atoms with van der Waals surface area (Å²) in [4.78, 5) is 28.3. The second-order valence-electron chi connectivity index (χ2n) is 7.84. The fourth-order valence-electron chi connectivity index (χ4n) is 2.92. The van der Waals surface area contributed by atoms with E-state index in [2.05, 4.69) is 0 Å². The average molecular weight is 370 g/mol. The van der Waals surface area contributed by atoms with Crippen molar-refractivity contribution >= 4 is 11.8 Å². The summed E-state index contributed by atoms with van der Waals surface area (Å²) in [6.45, 7) is 7.91. The largest absolute Gasteiger partial charge is 0.416 e. The van der Waals surface area contributed by atoms with Gasteiger partial charge in [-0.15, -0.1) is 0 Å². The molecule has 2 rings (SSSR count). The highest BCUT2D eigenvalue weighted by Crippen LogP contribution is 2.29. The van der Waals surface area contributed by atoms with Crippen LogP contribution in [-0.2, 0) is 11.0 Å². The van der Waals surface area contributed by atoms with E-state index in [1.54, 1.807) is 9.80 Å². The Morgan fingerprint density at radius 1 is 0.923 bits per heavy atom. The van der Waals surface area contributed by atoms with Gasteiger partial charge in [0.05, 0.1) is 5.56 Å². The van der Waals surface area contributed by atoms with Gasteiger partial charge in [0, 0.05) is 38.2 Å². The number of carbonyl (C=O) groups is 2. The molecule has 1 saturated heterocycles. The maximum atomic E-state index is 12.6. The van der Waals surface area contributed by atoms with Crippen molar-refractivity contribution < 1.29 is 22.8 Å². The summed E-state index contributed by atoms with van der Waals surface area (Å²) in [6.07, 6.45) is -3.32. The summed E-state index contributed by atoms with van der Waals surface area (Å²) in [7, 11) is 0. The maximum absolute atomic E-state index is 12.6. The normalized spacial score (nSPS) is 16.4. The molecule has 4 nitrogen and oxygen atoms in total. The molecule has 1 aliphatic rings. The summed E-state index contributed by atoms with van der Waals surface area (Å²) in [5, 5.41) is 0. The first-order valence-electron chi connectivity index (χ1n) is 8.72. The van der Waals surface area contributed by atoms with Gasteiger partial charge in [0.15, 0.2) is 0 Å². The van der Waals surface area contributed by atoms with Crippen molar-refractivity contribution in [3.05, 3.63) is 35.4 Å². The molecule has 0 atom stereocenters. The molecule has 2 amide bonds. The molecule has 0 spiro atoms. The van der Waals surface area contributed by atoms with Crippen LogP contribution in [0.25, 0.3) is 0 Å². The molecule has 1 fully saturated rings. The van der Waals surface area contributed by atoms with E-state index >= 15 is 0 Å². The number of alkyl halides is 3. The topological polar surface area (TPSA) is 40.6 Å². The van der Waals surface area contributed by atoms with Gasteiger partial charge in [-0.2, -0.15) is 13.2 Å². The Morgan fingerprint density at radius 2 is 1.46 bits per heavy atom. The lowest BCUT2D eigenvalue weighted by molar-refractivity contribution is -0.137. The minimum absolute atomic E-state index is 0.0707. The van der Waals surface area contributed by atoms with Crippen molar-refractivity contribution in [2.45, 2.75) is 39.8 Å². The standard InChI is InChI=1S/C19H25F3N2O2/c1-18(2,3)13-16(25)23-9-4-10-24(12-11-23)17(26)14-5-7-15(8-6-14)19(20,21)22/h5-8H,4,9-13H2,1-3H3. The first-order valence-corrected chi connectivity index (χ1v) is 8.72.